The largest absolute Gasteiger partial charge is 0.416 e. The van der Waals surface area contributed by atoms with E-state index in [0.29, 0.717) is 0 Å². The van der Waals surface area contributed by atoms with Crippen molar-refractivity contribution < 1.29 is 22.0 Å². The second-order valence-corrected chi connectivity index (χ2v) is 2.62. The van der Waals surface area contributed by atoms with Gasteiger partial charge >= 0.3 is 6.18 Å². The van der Waals surface area contributed by atoms with Gasteiger partial charge in [0, 0.05) is 12.1 Å². The van der Waals surface area contributed by atoms with Gasteiger partial charge in [-0.05, 0) is 12.1 Å². The van der Waals surface area contributed by atoms with Crippen molar-refractivity contribution in [2.75, 3.05) is 0 Å². The lowest BCUT2D eigenvalue weighted by Gasteiger charge is -2.09. The Hall–Kier alpha value is -1.17. The summed E-state index contributed by atoms with van der Waals surface area (Å²) in [4.78, 5) is 0. The molecule has 0 saturated carbocycles. The Morgan fingerprint density at radius 3 is 1.79 bits per heavy atom. The number of alkyl halides is 3. The second-order valence-electron chi connectivity index (χ2n) is 2.62. The predicted octanol–water partition coefficient (Wildman–Crippen LogP) is 2.44. The van der Waals surface area contributed by atoms with Gasteiger partial charge in [0.2, 0.25) is 0 Å². The quantitative estimate of drug-likeness (QED) is 0.709. The van der Waals surface area contributed by atoms with Crippen LogP contribution in [0.4, 0.5) is 22.0 Å². The van der Waals surface area contributed by atoms with Gasteiger partial charge in [-0.15, -0.1) is 0 Å². The van der Waals surface area contributed by atoms with Crippen molar-refractivity contribution in [3.63, 3.8) is 0 Å². The van der Waals surface area contributed by atoms with Gasteiger partial charge in [0.25, 0.3) is 0 Å². The molecule has 1 aromatic carbocycles. The van der Waals surface area contributed by atoms with Crippen molar-refractivity contribution in [1.82, 2.24) is 0 Å². The molecule has 1 nitrogen and oxygen atoms in total. The highest BCUT2D eigenvalue weighted by molar-refractivity contribution is 5.27. The number of benzene rings is 1. The first-order valence-electron chi connectivity index (χ1n) is 3.61. The molecule has 1 rings (SSSR count). The fraction of sp³-hybridized carbons (Fsp3) is 0.250. The average Bonchev–Trinajstić information content (AvgIpc) is 2.01. The van der Waals surface area contributed by atoms with E-state index in [1.54, 1.807) is 0 Å². The van der Waals surface area contributed by atoms with Crippen molar-refractivity contribution in [3.05, 3.63) is 34.9 Å². The minimum absolute atomic E-state index is 0.227. The third-order valence-corrected chi connectivity index (χ3v) is 1.67. The molecule has 0 unspecified atom stereocenters. The maximum absolute atomic E-state index is 12.8. The standard InChI is InChI=1S/C8H6F5N/c9-6-1-4(8(11,12)13)2-7(10)5(6)3-14/h1-2H,3,14H2. The molecule has 2 N–H and O–H groups in total. The van der Waals surface area contributed by atoms with Gasteiger partial charge in [-0.25, -0.2) is 8.78 Å². The maximum atomic E-state index is 12.8. The first-order valence-corrected chi connectivity index (χ1v) is 3.61. The van der Waals surface area contributed by atoms with Crippen molar-refractivity contribution in [2.24, 2.45) is 5.73 Å². The molecule has 0 fully saturated rings. The molecule has 0 amide bonds. The summed E-state index contributed by atoms with van der Waals surface area (Å²) in [7, 11) is 0. The Balaban J connectivity index is 3.28. The Labute approximate surface area is 76.3 Å². The molecular weight excluding hydrogens is 205 g/mol. The number of rotatable bonds is 1. The summed E-state index contributed by atoms with van der Waals surface area (Å²) in [5.74, 6) is -2.56. The van der Waals surface area contributed by atoms with Crippen LogP contribution in [0.5, 0.6) is 0 Å². The highest BCUT2D eigenvalue weighted by Gasteiger charge is 2.32. The third-order valence-electron chi connectivity index (χ3n) is 1.67. The topological polar surface area (TPSA) is 26.0 Å². The highest BCUT2D eigenvalue weighted by Crippen LogP contribution is 2.31. The van der Waals surface area contributed by atoms with Crippen LogP contribution in [0.15, 0.2) is 12.1 Å². The highest BCUT2D eigenvalue weighted by atomic mass is 19.4. The number of nitrogens with two attached hydrogens (primary N) is 1. The Kier molecular flexibility index (Phi) is 2.75. The van der Waals surface area contributed by atoms with E-state index in [1.807, 2.05) is 0 Å². The van der Waals surface area contributed by atoms with Crippen molar-refractivity contribution in [2.45, 2.75) is 12.7 Å². The van der Waals surface area contributed by atoms with Crippen LogP contribution in [-0.2, 0) is 12.7 Å². The normalized spacial score (nSPS) is 11.9. The molecule has 78 valence electrons. The lowest BCUT2D eigenvalue weighted by Crippen LogP contribution is -2.10. The molecule has 0 spiro atoms. The van der Waals surface area contributed by atoms with Gasteiger partial charge in [-0.3, -0.25) is 0 Å². The van der Waals surface area contributed by atoms with E-state index in [4.69, 9.17) is 5.73 Å². The monoisotopic (exact) mass is 211 g/mol. The van der Waals surface area contributed by atoms with E-state index in [2.05, 4.69) is 0 Å². The molecule has 0 radical (unpaired) electrons. The molecule has 0 saturated heterocycles. The molecule has 0 bridgehead atoms. The molecule has 0 atom stereocenters. The zero-order chi connectivity index (χ0) is 10.9. The van der Waals surface area contributed by atoms with Crippen LogP contribution < -0.4 is 5.73 Å². The van der Waals surface area contributed by atoms with Crippen molar-refractivity contribution in [3.8, 4) is 0 Å². The summed E-state index contributed by atoms with van der Waals surface area (Å²) in [6.07, 6.45) is -4.76. The summed E-state index contributed by atoms with van der Waals surface area (Å²) in [6.45, 7) is -0.476. The van der Waals surface area contributed by atoms with Crippen LogP contribution >= 0.6 is 0 Å². The minimum Gasteiger partial charge on any atom is -0.326 e. The third kappa shape index (κ3) is 2.01. The van der Waals surface area contributed by atoms with Gasteiger partial charge in [0.15, 0.2) is 0 Å². The van der Waals surface area contributed by atoms with Crippen LogP contribution in [0.2, 0.25) is 0 Å². The lowest BCUT2D eigenvalue weighted by molar-refractivity contribution is -0.138. The number of halogens is 5. The van der Waals surface area contributed by atoms with Crippen LogP contribution in [0.1, 0.15) is 11.1 Å². The van der Waals surface area contributed by atoms with E-state index in [9.17, 15) is 22.0 Å². The summed E-state index contributed by atoms with van der Waals surface area (Å²) >= 11 is 0. The van der Waals surface area contributed by atoms with Gasteiger partial charge in [0.1, 0.15) is 11.6 Å². The van der Waals surface area contributed by atoms with Crippen LogP contribution in [-0.4, -0.2) is 0 Å². The number of hydrogen-bond acceptors (Lipinski definition) is 1. The molecule has 6 heteroatoms. The van der Waals surface area contributed by atoms with E-state index in [0.717, 1.165) is 0 Å². The van der Waals surface area contributed by atoms with Crippen LogP contribution in [0.25, 0.3) is 0 Å². The van der Waals surface area contributed by atoms with Crippen molar-refractivity contribution in [1.29, 1.82) is 0 Å². The Bertz CT molecular complexity index is 321. The van der Waals surface area contributed by atoms with Crippen LogP contribution in [0.3, 0.4) is 0 Å². The van der Waals surface area contributed by atoms with Gasteiger partial charge in [0.05, 0.1) is 5.56 Å². The minimum atomic E-state index is -4.76. The first-order chi connectivity index (χ1) is 6.36. The molecule has 0 aliphatic rings. The van der Waals surface area contributed by atoms with E-state index in [-0.39, 0.29) is 12.1 Å². The Morgan fingerprint density at radius 1 is 1.07 bits per heavy atom. The molecule has 0 aliphatic heterocycles. The molecule has 14 heavy (non-hydrogen) atoms. The summed E-state index contributed by atoms with van der Waals surface area (Å²) in [5, 5.41) is 0. The maximum Gasteiger partial charge on any atom is 0.416 e. The first kappa shape index (κ1) is 10.9. The molecular formula is C8H6F5N. The smallest absolute Gasteiger partial charge is 0.326 e. The zero-order valence-corrected chi connectivity index (χ0v) is 6.83. The van der Waals surface area contributed by atoms with E-state index >= 15 is 0 Å². The van der Waals surface area contributed by atoms with Gasteiger partial charge in [-0.1, -0.05) is 0 Å². The van der Waals surface area contributed by atoms with Crippen molar-refractivity contribution >= 4 is 0 Å². The predicted molar refractivity (Wildman–Crippen MR) is 39.3 cm³/mol. The summed E-state index contributed by atoms with van der Waals surface area (Å²) in [6, 6.07) is 0.455. The molecule has 1 aromatic rings. The SMILES string of the molecule is NCc1c(F)cc(C(F)(F)F)cc1F. The summed E-state index contributed by atoms with van der Waals surface area (Å²) in [5.41, 5.74) is 3.05. The van der Waals surface area contributed by atoms with Crippen LogP contribution in [0, 0.1) is 11.6 Å². The second kappa shape index (κ2) is 3.53. The van der Waals surface area contributed by atoms with E-state index in [1.165, 1.54) is 0 Å². The molecule has 0 aromatic heterocycles. The Morgan fingerprint density at radius 2 is 1.50 bits per heavy atom. The summed E-state index contributed by atoms with van der Waals surface area (Å²) < 4.78 is 61.7. The average molecular weight is 211 g/mol. The molecule has 0 heterocycles. The lowest BCUT2D eigenvalue weighted by atomic mass is 10.1. The molecule has 0 aliphatic carbocycles. The fourth-order valence-electron chi connectivity index (χ4n) is 0.962. The van der Waals surface area contributed by atoms with Gasteiger partial charge in [-0.2, -0.15) is 13.2 Å². The fourth-order valence-corrected chi connectivity index (χ4v) is 0.962. The van der Waals surface area contributed by atoms with Gasteiger partial charge < -0.3 is 5.73 Å². The number of hydrogen-bond donors (Lipinski definition) is 1. The van der Waals surface area contributed by atoms with E-state index < -0.39 is 35.5 Å². The zero-order valence-electron chi connectivity index (χ0n) is 6.83.